The summed E-state index contributed by atoms with van der Waals surface area (Å²) in [5, 5.41) is 2.87. The van der Waals surface area contributed by atoms with Gasteiger partial charge < -0.3 is 15.5 Å². The highest BCUT2D eigenvalue weighted by Gasteiger charge is 1.90. The van der Waals surface area contributed by atoms with Crippen molar-refractivity contribution in [3.63, 3.8) is 0 Å². The Morgan fingerprint density at radius 2 is 2.67 bits per heavy atom. The number of aromatic nitrogens is 1. The van der Waals surface area contributed by atoms with Crippen molar-refractivity contribution in [3.8, 4) is 0 Å². The second-order valence-electron chi connectivity index (χ2n) is 1.55. The van der Waals surface area contributed by atoms with Gasteiger partial charge in [0, 0.05) is 13.1 Å². The number of nitrogens with two attached hydrogens (primary N) is 1. The molecule has 3 N–H and O–H groups in total. The highest BCUT2D eigenvalue weighted by atomic mass is 16.4. The van der Waals surface area contributed by atoms with Crippen LogP contribution in [0.25, 0.3) is 0 Å². The smallest absolute Gasteiger partial charge is 0.294 e. The monoisotopic (exact) mass is 127 g/mol. The number of rotatable bonds is 3. The van der Waals surface area contributed by atoms with E-state index >= 15 is 0 Å². The largest absolute Gasteiger partial charge is 0.432 e. The van der Waals surface area contributed by atoms with E-state index in [2.05, 4.69) is 10.3 Å². The van der Waals surface area contributed by atoms with Crippen molar-refractivity contribution in [2.24, 2.45) is 5.73 Å². The van der Waals surface area contributed by atoms with Gasteiger partial charge in [0.2, 0.25) is 0 Å². The molecule has 0 fully saturated rings. The molecule has 0 radical (unpaired) electrons. The summed E-state index contributed by atoms with van der Waals surface area (Å²) in [7, 11) is 0. The molecule has 1 heterocycles. The molecule has 1 aromatic rings. The van der Waals surface area contributed by atoms with Crippen molar-refractivity contribution < 1.29 is 4.42 Å². The van der Waals surface area contributed by atoms with E-state index < -0.39 is 0 Å². The lowest BCUT2D eigenvalue weighted by Gasteiger charge is -1.94. The van der Waals surface area contributed by atoms with E-state index in [0.717, 1.165) is 0 Å². The first-order valence-electron chi connectivity index (χ1n) is 2.77. The van der Waals surface area contributed by atoms with Crippen LogP contribution in [0, 0.1) is 0 Å². The van der Waals surface area contributed by atoms with Crippen molar-refractivity contribution >= 4 is 6.01 Å². The van der Waals surface area contributed by atoms with Crippen molar-refractivity contribution in [2.75, 3.05) is 18.4 Å². The minimum Gasteiger partial charge on any atom is -0.432 e. The van der Waals surface area contributed by atoms with Gasteiger partial charge in [-0.1, -0.05) is 0 Å². The predicted octanol–water partition coefficient (Wildman–Crippen LogP) is 0.0452. The van der Waals surface area contributed by atoms with E-state index in [0.29, 0.717) is 19.1 Å². The fraction of sp³-hybridized carbons (Fsp3) is 0.400. The molecule has 50 valence electrons. The molecule has 1 aromatic heterocycles. The second kappa shape index (κ2) is 3.09. The highest BCUT2D eigenvalue weighted by Crippen LogP contribution is 1.98. The lowest BCUT2D eigenvalue weighted by Crippen LogP contribution is -2.12. The van der Waals surface area contributed by atoms with Crippen molar-refractivity contribution in [1.29, 1.82) is 0 Å². The van der Waals surface area contributed by atoms with Crippen LogP contribution >= 0.6 is 0 Å². The molecule has 0 spiro atoms. The summed E-state index contributed by atoms with van der Waals surface area (Å²) in [4.78, 5) is 3.82. The summed E-state index contributed by atoms with van der Waals surface area (Å²) >= 11 is 0. The van der Waals surface area contributed by atoms with E-state index in [-0.39, 0.29) is 0 Å². The molecule has 0 saturated heterocycles. The zero-order valence-corrected chi connectivity index (χ0v) is 5.00. The highest BCUT2D eigenvalue weighted by molar-refractivity contribution is 5.16. The van der Waals surface area contributed by atoms with E-state index in [1.165, 1.54) is 6.26 Å². The van der Waals surface area contributed by atoms with Crippen LogP contribution in [0.3, 0.4) is 0 Å². The van der Waals surface area contributed by atoms with Gasteiger partial charge >= 0.3 is 0 Å². The molecule has 1 rings (SSSR count). The Kier molecular flexibility index (Phi) is 2.09. The first-order chi connectivity index (χ1) is 4.43. The van der Waals surface area contributed by atoms with Gasteiger partial charge in [0.15, 0.2) is 0 Å². The van der Waals surface area contributed by atoms with E-state index in [9.17, 15) is 0 Å². The number of hydrogen-bond acceptors (Lipinski definition) is 4. The van der Waals surface area contributed by atoms with Crippen LogP contribution in [0.1, 0.15) is 0 Å². The van der Waals surface area contributed by atoms with Crippen LogP contribution in [0.4, 0.5) is 6.01 Å². The fourth-order valence-electron chi connectivity index (χ4n) is 0.490. The molecule has 4 nitrogen and oxygen atoms in total. The summed E-state index contributed by atoms with van der Waals surface area (Å²) in [6.45, 7) is 1.28. The van der Waals surface area contributed by atoms with E-state index in [1.807, 2.05) is 0 Å². The van der Waals surface area contributed by atoms with Crippen LogP contribution < -0.4 is 11.1 Å². The molecule has 0 aliphatic carbocycles. The van der Waals surface area contributed by atoms with Gasteiger partial charge in [-0.2, -0.15) is 0 Å². The number of hydrogen-bond donors (Lipinski definition) is 2. The Labute approximate surface area is 53.1 Å². The summed E-state index contributed by atoms with van der Waals surface area (Å²) in [5.41, 5.74) is 5.21. The molecule has 4 heteroatoms. The van der Waals surface area contributed by atoms with Gasteiger partial charge in [-0.05, 0) is 0 Å². The first kappa shape index (κ1) is 6.10. The third-order valence-corrected chi connectivity index (χ3v) is 0.853. The number of anilines is 1. The van der Waals surface area contributed by atoms with E-state index in [1.54, 1.807) is 6.20 Å². The topological polar surface area (TPSA) is 64.1 Å². The Bertz CT molecular complexity index is 149. The molecule has 0 bridgehead atoms. The van der Waals surface area contributed by atoms with Crippen LogP contribution in [0.2, 0.25) is 0 Å². The maximum atomic E-state index is 5.21. The van der Waals surface area contributed by atoms with Gasteiger partial charge in [0.1, 0.15) is 6.26 Å². The Hall–Kier alpha value is -1.03. The zero-order chi connectivity index (χ0) is 6.53. The molecule has 0 aliphatic heterocycles. The van der Waals surface area contributed by atoms with E-state index in [4.69, 9.17) is 10.2 Å². The molecular formula is C5H9N3O. The SMILES string of the molecule is NCCNc1ncco1. The number of nitrogens with one attached hydrogen (secondary N) is 1. The van der Waals surface area contributed by atoms with Crippen LogP contribution in [-0.2, 0) is 0 Å². The lowest BCUT2D eigenvalue weighted by atomic mass is 10.6. The normalized spacial score (nSPS) is 9.44. The van der Waals surface area contributed by atoms with Gasteiger partial charge in [-0.25, -0.2) is 4.98 Å². The standard InChI is InChI=1S/C5H9N3O/c6-1-2-7-5-8-3-4-9-5/h3-4H,1-2,6H2,(H,7,8). The van der Waals surface area contributed by atoms with Crippen molar-refractivity contribution in [2.45, 2.75) is 0 Å². The third-order valence-electron chi connectivity index (χ3n) is 0.853. The minimum atomic E-state index is 0.528. The number of nitrogens with zero attached hydrogens (tertiary/aromatic N) is 1. The molecule has 0 atom stereocenters. The quantitative estimate of drug-likeness (QED) is 0.602. The summed E-state index contributed by atoms with van der Waals surface area (Å²) in [6.07, 6.45) is 3.09. The second-order valence-corrected chi connectivity index (χ2v) is 1.55. The molecule has 0 amide bonds. The Morgan fingerprint density at radius 3 is 3.22 bits per heavy atom. The maximum absolute atomic E-state index is 5.21. The zero-order valence-electron chi connectivity index (χ0n) is 5.00. The lowest BCUT2D eigenvalue weighted by molar-refractivity contribution is 0.571. The molecular weight excluding hydrogens is 118 g/mol. The van der Waals surface area contributed by atoms with Crippen LogP contribution in [-0.4, -0.2) is 18.1 Å². The number of oxazole rings is 1. The van der Waals surface area contributed by atoms with Crippen LogP contribution in [0.5, 0.6) is 0 Å². The van der Waals surface area contributed by atoms with Gasteiger partial charge in [-0.3, -0.25) is 0 Å². The average molecular weight is 127 g/mol. The molecule has 0 aromatic carbocycles. The van der Waals surface area contributed by atoms with Crippen molar-refractivity contribution in [1.82, 2.24) is 4.98 Å². The molecule has 0 saturated carbocycles. The van der Waals surface area contributed by atoms with Gasteiger partial charge in [0.25, 0.3) is 6.01 Å². The first-order valence-corrected chi connectivity index (χ1v) is 2.77. The van der Waals surface area contributed by atoms with Crippen LogP contribution in [0.15, 0.2) is 16.9 Å². The molecule has 0 unspecified atom stereocenters. The van der Waals surface area contributed by atoms with Gasteiger partial charge in [0.05, 0.1) is 6.20 Å². The van der Waals surface area contributed by atoms with Gasteiger partial charge in [-0.15, -0.1) is 0 Å². The fourth-order valence-corrected chi connectivity index (χ4v) is 0.490. The minimum absolute atomic E-state index is 0.528. The molecule has 9 heavy (non-hydrogen) atoms. The Balaban J connectivity index is 2.30. The maximum Gasteiger partial charge on any atom is 0.294 e. The summed E-state index contributed by atoms with van der Waals surface area (Å²) < 4.78 is 4.86. The average Bonchev–Trinajstić information content (AvgIpc) is 2.34. The summed E-state index contributed by atoms with van der Waals surface area (Å²) in [5.74, 6) is 0. The third kappa shape index (κ3) is 1.73. The van der Waals surface area contributed by atoms with Crippen molar-refractivity contribution in [3.05, 3.63) is 12.5 Å². The molecule has 0 aliphatic rings. The summed E-state index contributed by atoms with van der Waals surface area (Å²) in [6, 6.07) is 0.528. The Morgan fingerprint density at radius 1 is 1.78 bits per heavy atom. The predicted molar refractivity (Wildman–Crippen MR) is 34.0 cm³/mol.